The molecule has 3 aromatic heterocycles. The van der Waals surface area contributed by atoms with Gasteiger partial charge in [-0.2, -0.15) is 9.61 Å². The lowest BCUT2D eigenvalue weighted by atomic mass is 10.1. The summed E-state index contributed by atoms with van der Waals surface area (Å²) in [6.07, 6.45) is 0.653. The molecule has 1 N–H and O–H groups in total. The number of nitrogens with one attached hydrogen (secondary N) is 1. The molecule has 1 aromatic carbocycles. The first-order valence-corrected chi connectivity index (χ1v) is 13.7. The summed E-state index contributed by atoms with van der Waals surface area (Å²) in [5.41, 5.74) is -0.326. The molecule has 4 aromatic rings. The van der Waals surface area contributed by atoms with Crippen LogP contribution in [0.1, 0.15) is 32.1 Å². The van der Waals surface area contributed by atoms with Crippen LogP contribution in [0.3, 0.4) is 0 Å². The highest BCUT2D eigenvalue weighted by Crippen LogP contribution is 2.23. The SMILES string of the molecule is O=C(Cn1c2c(c(=O)n3nc(C(=O)Cc4ccccc4F)cc13)CN(CCN1CCOCC1)C2=O)Nc1ccc(F)cn1. The van der Waals surface area contributed by atoms with Crippen molar-refractivity contribution >= 4 is 29.1 Å². The van der Waals surface area contributed by atoms with Gasteiger partial charge in [0.25, 0.3) is 11.5 Å². The molecule has 14 heteroatoms. The zero-order valence-corrected chi connectivity index (χ0v) is 23.0. The number of halogens is 2. The maximum atomic E-state index is 14.2. The van der Waals surface area contributed by atoms with Crippen molar-refractivity contribution in [1.29, 1.82) is 0 Å². The topological polar surface area (TPSA) is 131 Å². The Morgan fingerprint density at radius 3 is 2.56 bits per heavy atom. The van der Waals surface area contributed by atoms with Crippen LogP contribution in [0.2, 0.25) is 0 Å². The maximum absolute atomic E-state index is 14.2. The molecular weight excluding hydrogens is 564 g/mol. The van der Waals surface area contributed by atoms with Crippen molar-refractivity contribution in [2.75, 3.05) is 44.7 Å². The fraction of sp³-hybridized carbons (Fsp3) is 0.310. The molecule has 6 rings (SSSR count). The number of pyridine rings is 1. The third-order valence-corrected chi connectivity index (χ3v) is 7.49. The third-order valence-electron chi connectivity index (χ3n) is 7.49. The minimum atomic E-state index is -0.605. The number of hydrogen-bond donors (Lipinski definition) is 1. The molecule has 2 amide bonds. The second kappa shape index (κ2) is 11.8. The van der Waals surface area contributed by atoms with Crippen LogP contribution in [0.15, 0.2) is 53.5 Å². The van der Waals surface area contributed by atoms with Crippen molar-refractivity contribution in [3.63, 3.8) is 0 Å². The predicted molar refractivity (Wildman–Crippen MR) is 149 cm³/mol. The second-order valence-electron chi connectivity index (χ2n) is 10.3. The fourth-order valence-corrected chi connectivity index (χ4v) is 5.26. The number of amides is 2. The Morgan fingerprint density at radius 1 is 1.02 bits per heavy atom. The Labute approximate surface area is 243 Å². The summed E-state index contributed by atoms with van der Waals surface area (Å²) in [5, 5.41) is 6.77. The van der Waals surface area contributed by atoms with E-state index in [-0.39, 0.29) is 46.9 Å². The van der Waals surface area contributed by atoms with E-state index in [1.807, 2.05) is 0 Å². The van der Waals surface area contributed by atoms with E-state index in [4.69, 9.17) is 4.74 Å². The first-order valence-electron chi connectivity index (χ1n) is 13.7. The van der Waals surface area contributed by atoms with Crippen LogP contribution >= 0.6 is 0 Å². The average molecular weight is 592 g/mol. The summed E-state index contributed by atoms with van der Waals surface area (Å²) in [6.45, 7) is 3.19. The lowest BCUT2D eigenvalue weighted by Gasteiger charge is -2.28. The molecule has 0 radical (unpaired) electrons. The summed E-state index contributed by atoms with van der Waals surface area (Å²) >= 11 is 0. The number of ketones is 1. The molecule has 0 atom stereocenters. The minimum absolute atomic E-state index is 0.00673. The average Bonchev–Trinajstić information content (AvgIpc) is 3.60. The van der Waals surface area contributed by atoms with Crippen molar-refractivity contribution in [3.8, 4) is 0 Å². The van der Waals surface area contributed by atoms with E-state index in [0.717, 1.165) is 29.9 Å². The molecule has 0 saturated carbocycles. The van der Waals surface area contributed by atoms with Crippen molar-refractivity contribution in [3.05, 3.63) is 93.2 Å². The first-order chi connectivity index (χ1) is 20.8. The van der Waals surface area contributed by atoms with Crippen molar-refractivity contribution < 1.29 is 27.9 Å². The highest BCUT2D eigenvalue weighted by atomic mass is 19.1. The van der Waals surface area contributed by atoms with Gasteiger partial charge >= 0.3 is 0 Å². The summed E-state index contributed by atoms with van der Waals surface area (Å²) in [6, 6.07) is 9.58. The van der Waals surface area contributed by atoms with Gasteiger partial charge in [0.1, 0.15) is 41.0 Å². The summed E-state index contributed by atoms with van der Waals surface area (Å²) in [7, 11) is 0. The van der Waals surface area contributed by atoms with Gasteiger partial charge < -0.3 is 19.5 Å². The Morgan fingerprint density at radius 2 is 1.81 bits per heavy atom. The molecule has 2 aliphatic rings. The van der Waals surface area contributed by atoms with Crippen LogP contribution < -0.4 is 10.9 Å². The van der Waals surface area contributed by atoms with Crippen LogP contribution in [0.4, 0.5) is 14.6 Å². The van der Waals surface area contributed by atoms with E-state index in [0.29, 0.717) is 26.3 Å². The quantitative estimate of drug-likeness (QED) is 0.290. The van der Waals surface area contributed by atoms with Gasteiger partial charge in [-0.15, -0.1) is 0 Å². The van der Waals surface area contributed by atoms with Gasteiger partial charge in [0, 0.05) is 38.7 Å². The smallest absolute Gasteiger partial charge is 0.280 e. The van der Waals surface area contributed by atoms with Gasteiger partial charge in [0.2, 0.25) is 5.91 Å². The van der Waals surface area contributed by atoms with E-state index in [1.54, 1.807) is 11.0 Å². The second-order valence-corrected chi connectivity index (χ2v) is 10.3. The van der Waals surface area contributed by atoms with E-state index >= 15 is 0 Å². The molecule has 222 valence electrons. The van der Waals surface area contributed by atoms with E-state index in [1.165, 1.54) is 34.9 Å². The number of hydrogen-bond acceptors (Lipinski definition) is 8. The highest BCUT2D eigenvalue weighted by molar-refractivity contribution is 6.00. The molecule has 43 heavy (non-hydrogen) atoms. The number of carbonyl (C=O) groups excluding carboxylic acids is 3. The lowest BCUT2D eigenvalue weighted by molar-refractivity contribution is -0.116. The van der Waals surface area contributed by atoms with E-state index in [9.17, 15) is 28.0 Å². The Balaban J connectivity index is 1.34. The molecule has 0 unspecified atom stereocenters. The van der Waals surface area contributed by atoms with Gasteiger partial charge in [-0.05, 0) is 23.8 Å². The molecule has 2 aliphatic heterocycles. The standard InChI is InChI=1S/C29H27F2N7O5/c30-19-5-6-24(32-15-19)33-25(40)17-37-26-14-22(23(39)13-18-3-1-2-4-21(18)31)34-38(26)28(41)20-16-36(29(42)27(20)37)8-7-35-9-11-43-12-10-35/h1-6,14-15H,7-13,16-17H2,(H,32,33,40). The number of anilines is 1. The molecule has 0 spiro atoms. The molecular formula is C29H27F2N7O5. The number of benzene rings is 1. The third kappa shape index (κ3) is 5.79. The van der Waals surface area contributed by atoms with Crippen LogP contribution in [-0.4, -0.2) is 86.0 Å². The van der Waals surface area contributed by atoms with Gasteiger partial charge in [-0.25, -0.2) is 13.8 Å². The van der Waals surface area contributed by atoms with Crippen LogP contribution in [0.25, 0.3) is 5.65 Å². The van der Waals surface area contributed by atoms with Gasteiger partial charge in [0.05, 0.1) is 31.5 Å². The van der Waals surface area contributed by atoms with Crippen molar-refractivity contribution in [2.45, 2.75) is 19.5 Å². The molecule has 12 nitrogen and oxygen atoms in total. The molecule has 0 aliphatic carbocycles. The highest BCUT2D eigenvalue weighted by Gasteiger charge is 2.35. The largest absolute Gasteiger partial charge is 0.379 e. The number of nitrogens with zero attached hydrogens (tertiary/aromatic N) is 6. The summed E-state index contributed by atoms with van der Waals surface area (Å²) in [5.74, 6) is -2.62. The number of aromatic nitrogens is 4. The first kappa shape index (κ1) is 28.3. The Kier molecular flexibility index (Phi) is 7.78. The maximum Gasteiger partial charge on any atom is 0.280 e. The van der Waals surface area contributed by atoms with Gasteiger partial charge in [0.15, 0.2) is 5.78 Å². The summed E-state index contributed by atoms with van der Waals surface area (Å²) in [4.78, 5) is 61.0. The zero-order valence-electron chi connectivity index (χ0n) is 23.0. The number of carbonyl (C=O) groups is 3. The number of fused-ring (bicyclic) bond motifs is 2. The zero-order chi connectivity index (χ0) is 30.1. The van der Waals surface area contributed by atoms with Gasteiger partial charge in [-0.1, -0.05) is 18.2 Å². The van der Waals surface area contributed by atoms with E-state index < -0.39 is 41.3 Å². The monoisotopic (exact) mass is 591 g/mol. The van der Waals surface area contributed by atoms with Crippen LogP contribution in [0.5, 0.6) is 0 Å². The van der Waals surface area contributed by atoms with Crippen molar-refractivity contribution in [1.82, 2.24) is 29.0 Å². The minimum Gasteiger partial charge on any atom is -0.379 e. The Hall–Kier alpha value is -4.82. The molecule has 0 bridgehead atoms. The number of rotatable bonds is 9. The molecule has 1 saturated heterocycles. The lowest BCUT2D eigenvalue weighted by Crippen LogP contribution is -2.41. The Bertz CT molecular complexity index is 1780. The van der Waals surface area contributed by atoms with Gasteiger partial charge in [-0.3, -0.25) is 24.1 Å². The molecule has 1 fully saturated rings. The predicted octanol–water partition coefficient (Wildman–Crippen LogP) is 1.52. The molecule has 5 heterocycles. The summed E-state index contributed by atoms with van der Waals surface area (Å²) < 4.78 is 35.2. The number of Topliss-reactive ketones (excluding diaryl/α,β-unsaturated/α-hetero) is 1. The normalized spacial score (nSPS) is 15.2. The fourth-order valence-electron chi connectivity index (χ4n) is 5.26. The van der Waals surface area contributed by atoms with Crippen LogP contribution in [0, 0.1) is 11.6 Å². The number of ether oxygens (including phenoxy) is 1. The number of morpholine rings is 1. The van der Waals surface area contributed by atoms with Crippen molar-refractivity contribution in [2.24, 2.45) is 0 Å². The van der Waals surface area contributed by atoms with Crippen LogP contribution in [-0.2, 0) is 29.0 Å². The van der Waals surface area contributed by atoms with E-state index in [2.05, 4.69) is 20.3 Å².